The minimum absolute atomic E-state index is 0.0958. The lowest BCUT2D eigenvalue weighted by Crippen LogP contribution is -2.10. The number of esters is 1. The van der Waals surface area contributed by atoms with E-state index in [2.05, 4.69) is 0 Å². The van der Waals surface area contributed by atoms with Crippen molar-refractivity contribution in [2.45, 2.75) is 20.0 Å². The molecular formula is C10H9ClO2S2. The molecule has 0 saturated heterocycles. The molecule has 0 amide bonds. The summed E-state index contributed by atoms with van der Waals surface area (Å²) >= 11 is 8.89. The van der Waals surface area contributed by atoms with Crippen LogP contribution in [-0.2, 0) is 4.74 Å². The van der Waals surface area contributed by atoms with E-state index < -0.39 is 0 Å². The molecule has 0 unspecified atom stereocenters. The van der Waals surface area contributed by atoms with Crippen molar-refractivity contribution in [3.05, 3.63) is 21.3 Å². The van der Waals surface area contributed by atoms with Gasteiger partial charge in [-0.3, -0.25) is 0 Å². The second-order valence-corrected chi connectivity index (χ2v) is 6.18. The van der Waals surface area contributed by atoms with Crippen LogP contribution >= 0.6 is 34.3 Å². The normalized spacial score (nSPS) is 11.2. The van der Waals surface area contributed by atoms with Crippen LogP contribution in [0.15, 0.2) is 11.4 Å². The van der Waals surface area contributed by atoms with Crippen molar-refractivity contribution in [2.24, 2.45) is 0 Å². The van der Waals surface area contributed by atoms with E-state index in [0.717, 1.165) is 9.40 Å². The molecule has 2 aromatic heterocycles. The number of carbonyl (C=O) groups excluding carboxylic acids is 1. The van der Waals surface area contributed by atoms with Crippen molar-refractivity contribution in [2.75, 3.05) is 0 Å². The van der Waals surface area contributed by atoms with E-state index in [1.165, 1.54) is 22.7 Å². The summed E-state index contributed by atoms with van der Waals surface area (Å²) in [6.07, 6.45) is -0.0958. The fourth-order valence-corrected chi connectivity index (χ4v) is 3.69. The molecule has 0 aliphatic heterocycles. The number of halogens is 1. The third-order valence-electron chi connectivity index (χ3n) is 1.80. The van der Waals surface area contributed by atoms with Crippen molar-refractivity contribution in [1.82, 2.24) is 0 Å². The zero-order chi connectivity index (χ0) is 11.0. The van der Waals surface area contributed by atoms with Crippen LogP contribution in [0, 0.1) is 0 Å². The third-order valence-corrected chi connectivity index (χ3v) is 4.19. The monoisotopic (exact) mass is 260 g/mol. The summed E-state index contributed by atoms with van der Waals surface area (Å²) < 4.78 is 6.91. The van der Waals surface area contributed by atoms with Gasteiger partial charge >= 0.3 is 5.97 Å². The van der Waals surface area contributed by atoms with E-state index in [4.69, 9.17) is 16.3 Å². The van der Waals surface area contributed by atoms with Crippen LogP contribution in [0.1, 0.15) is 24.2 Å². The number of fused-ring (bicyclic) bond motifs is 1. The number of thiophene rings is 2. The largest absolute Gasteiger partial charge is 0.459 e. The Morgan fingerprint density at radius 2 is 2.27 bits per heavy atom. The molecule has 0 aliphatic rings. The van der Waals surface area contributed by atoms with E-state index in [9.17, 15) is 4.79 Å². The Balaban J connectivity index is 2.38. The summed E-state index contributed by atoms with van der Waals surface area (Å²) in [5.41, 5.74) is 0.617. The molecule has 0 spiro atoms. The van der Waals surface area contributed by atoms with E-state index in [1.807, 2.05) is 25.3 Å². The van der Waals surface area contributed by atoms with Crippen LogP contribution in [-0.4, -0.2) is 12.1 Å². The van der Waals surface area contributed by atoms with Crippen molar-refractivity contribution in [3.63, 3.8) is 0 Å². The zero-order valence-electron chi connectivity index (χ0n) is 8.24. The molecule has 0 atom stereocenters. The summed E-state index contributed by atoms with van der Waals surface area (Å²) in [7, 11) is 0. The highest BCUT2D eigenvalue weighted by atomic mass is 35.5. The lowest BCUT2D eigenvalue weighted by atomic mass is 10.2. The number of ether oxygens (including phenoxy) is 1. The average Bonchev–Trinajstić information content (AvgIpc) is 2.60. The highest BCUT2D eigenvalue weighted by Gasteiger charge is 2.16. The lowest BCUT2D eigenvalue weighted by Gasteiger charge is -2.05. The molecule has 0 aromatic carbocycles. The SMILES string of the molecule is CC(C)OC(=O)c1csc2sc(Cl)cc12. The molecule has 5 heteroatoms. The maximum absolute atomic E-state index is 11.7. The standard InChI is InChI=1S/C10H9ClO2S2/c1-5(2)13-9(12)7-4-14-10-6(7)3-8(11)15-10/h3-5H,1-2H3. The third kappa shape index (κ3) is 2.17. The molecule has 0 saturated carbocycles. The Morgan fingerprint density at radius 1 is 1.53 bits per heavy atom. The number of rotatable bonds is 2. The molecule has 0 radical (unpaired) electrons. The molecule has 0 fully saturated rings. The highest BCUT2D eigenvalue weighted by Crippen LogP contribution is 2.36. The van der Waals surface area contributed by atoms with Gasteiger partial charge in [-0.1, -0.05) is 11.6 Å². The topological polar surface area (TPSA) is 26.3 Å². The Labute approximate surface area is 100 Å². The number of hydrogen-bond acceptors (Lipinski definition) is 4. The second-order valence-electron chi connectivity index (χ2n) is 3.36. The lowest BCUT2D eigenvalue weighted by molar-refractivity contribution is 0.0381. The minimum atomic E-state index is -0.272. The van der Waals surface area contributed by atoms with Crippen molar-refractivity contribution in [1.29, 1.82) is 0 Å². The maximum Gasteiger partial charge on any atom is 0.339 e. The predicted octanol–water partition coefficient (Wildman–Crippen LogP) is 4.18. The van der Waals surface area contributed by atoms with Gasteiger partial charge in [0.25, 0.3) is 0 Å². The van der Waals surface area contributed by atoms with Crippen LogP contribution < -0.4 is 0 Å². The molecule has 2 heterocycles. The maximum atomic E-state index is 11.7. The van der Waals surface area contributed by atoms with Gasteiger partial charge in [0.1, 0.15) is 0 Å². The first-order chi connectivity index (χ1) is 7.08. The second kappa shape index (κ2) is 4.12. The van der Waals surface area contributed by atoms with E-state index in [1.54, 1.807) is 0 Å². The quantitative estimate of drug-likeness (QED) is 0.757. The molecule has 2 rings (SSSR count). The fourth-order valence-electron chi connectivity index (χ4n) is 1.23. The van der Waals surface area contributed by atoms with Gasteiger partial charge in [0.2, 0.25) is 0 Å². The summed E-state index contributed by atoms with van der Waals surface area (Å²) in [6, 6.07) is 1.81. The number of carbonyl (C=O) groups is 1. The molecule has 0 aliphatic carbocycles. The molecule has 0 bridgehead atoms. The molecule has 80 valence electrons. The van der Waals surface area contributed by atoms with Gasteiger partial charge in [-0.05, 0) is 19.9 Å². The fraction of sp³-hybridized carbons (Fsp3) is 0.300. The zero-order valence-corrected chi connectivity index (χ0v) is 10.6. The molecule has 15 heavy (non-hydrogen) atoms. The summed E-state index contributed by atoms with van der Waals surface area (Å²) in [4.78, 5) is 11.7. The van der Waals surface area contributed by atoms with Gasteiger partial charge in [0.15, 0.2) is 0 Å². The molecule has 0 N–H and O–H groups in total. The Morgan fingerprint density at radius 3 is 2.93 bits per heavy atom. The van der Waals surface area contributed by atoms with Crippen LogP contribution in [0.4, 0.5) is 0 Å². The first kappa shape index (κ1) is 10.9. The van der Waals surface area contributed by atoms with Crippen LogP contribution in [0.5, 0.6) is 0 Å². The van der Waals surface area contributed by atoms with Crippen LogP contribution in [0.3, 0.4) is 0 Å². The molecule has 2 aromatic rings. The smallest absolute Gasteiger partial charge is 0.339 e. The van der Waals surface area contributed by atoms with Gasteiger partial charge < -0.3 is 4.74 Å². The first-order valence-corrected chi connectivity index (χ1v) is 6.53. The minimum Gasteiger partial charge on any atom is -0.459 e. The van der Waals surface area contributed by atoms with E-state index in [-0.39, 0.29) is 12.1 Å². The predicted molar refractivity (Wildman–Crippen MR) is 65.3 cm³/mol. The van der Waals surface area contributed by atoms with Crippen molar-refractivity contribution >= 4 is 49.6 Å². The molecule has 2 nitrogen and oxygen atoms in total. The van der Waals surface area contributed by atoms with E-state index in [0.29, 0.717) is 9.90 Å². The summed E-state index contributed by atoms with van der Waals surface area (Å²) in [5, 5.41) is 2.73. The Kier molecular flexibility index (Phi) is 3.00. The van der Waals surface area contributed by atoms with Gasteiger partial charge in [-0.2, -0.15) is 0 Å². The van der Waals surface area contributed by atoms with Gasteiger partial charge in [0, 0.05) is 10.8 Å². The van der Waals surface area contributed by atoms with Crippen molar-refractivity contribution in [3.8, 4) is 0 Å². The van der Waals surface area contributed by atoms with Crippen LogP contribution in [0.25, 0.3) is 9.40 Å². The van der Waals surface area contributed by atoms with Crippen molar-refractivity contribution < 1.29 is 9.53 Å². The molecular weight excluding hydrogens is 252 g/mol. The summed E-state index contributed by atoms with van der Waals surface area (Å²) in [5.74, 6) is -0.272. The van der Waals surface area contributed by atoms with Gasteiger partial charge in [0.05, 0.1) is 20.0 Å². The number of hydrogen-bond donors (Lipinski definition) is 0. The highest BCUT2D eigenvalue weighted by molar-refractivity contribution is 7.39. The van der Waals surface area contributed by atoms with Crippen LogP contribution in [0.2, 0.25) is 4.34 Å². The first-order valence-electron chi connectivity index (χ1n) is 4.45. The van der Waals surface area contributed by atoms with Gasteiger partial charge in [-0.15, -0.1) is 22.7 Å². The van der Waals surface area contributed by atoms with E-state index >= 15 is 0 Å². The average molecular weight is 261 g/mol. The van der Waals surface area contributed by atoms with Gasteiger partial charge in [-0.25, -0.2) is 4.79 Å². The Bertz CT molecular complexity index is 498. The summed E-state index contributed by atoms with van der Waals surface area (Å²) in [6.45, 7) is 3.67. The Hall–Kier alpha value is -0.580.